The second-order valence-electron chi connectivity index (χ2n) is 15.3. The number of para-hydroxylation sites is 1. The molecular formula is C48H54N2O8P2S2-2. The quantitative estimate of drug-likeness (QED) is 0.0364. The normalized spacial score (nSPS) is 13.4. The van der Waals surface area contributed by atoms with Crippen LogP contribution in [0.25, 0.3) is 43.9 Å². The molecule has 62 heavy (non-hydrogen) atoms. The molecule has 0 aliphatic heterocycles. The number of fused-ring (bicyclic) bond motifs is 2. The average Bonchev–Trinajstić information content (AvgIpc) is 3.23. The third-order valence-electron chi connectivity index (χ3n) is 9.49. The van der Waals surface area contributed by atoms with E-state index >= 15 is 0 Å². The summed E-state index contributed by atoms with van der Waals surface area (Å²) in [6, 6.07) is 36.2. The predicted octanol–water partition coefficient (Wildman–Crippen LogP) is 11.5. The third kappa shape index (κ3) is 15.7. The van der Waals surface area contributed by atoms with Crippen molar-refractivity contribution in [3.63, 3.8) is 0 Å². The molecule has 10 nitrogen and oxygen atoms in total. The number of Topliss-reactive ketones (excluding diaryl/α,β-unsaturated/α-hetero) is 2. The van der Waals surface area contributed by atoms with E-state index in [1.54, 1.807) is 27.7 Å². The zero-order valence-electron chi connectivity index (χ0n) is 35.6. The van der Waals surface area contributed by atoms with Gasteiger partial charge in [0, 0.05) is 54.4 Å². The average molecular weight is 913 g/mol. The molecule has 2 heterocycles. The van der Waals surface area contributed by atoms with Crippen LogP contribution in [0, 0.1) is 0 Å². The van der Waals surface area contributed by atoms with E-state index in [0.717, 1.165) is 55.2 Å². The molecule has 0 saturated carbocycles. The van der Waals surface area contributed by atoms with Crippen LogP contribution in [0.1, 0.15) is 77.5 Å². The minimum absolute atomic E-state index is 0.111. The number of pyridine rings is 2. The molecule has 6 aromatic rings. The van der Waals surface area contributed by atoms with Crippen LogP contribution in [0.4, 0.5) is 0 Å². The summed E-state index contributed by atoms with van der Waals surface area (Å²) in [7, 11) is 0. The minimum atomic E-state index is -3.44. The summed E-state index contributed by atoms with van der Waals surface area (Å²) in [5.74, 6) is 0.245. The van der Waals surface area contributed by atoms with Gasteiger partial charge >= 0.3 is 0 Å². The number of benzene rings is 4. The smallest absolute Gasteiger partial charge is 0.200 e. The summed E-state index contributed by atoms with van der Waals surface area (Å²) in [5, 5.41) is 3.18. The highest BCUT2D eigenvalue weighted by atomic mass is 32.7. The van der Waals surface area contributed by atoms with Crippen molar-refractivity contribution in [1.82, 2.24) is 9.97 Å². The van der Waals surface area contributed by atoms with Crippen molar-refractivity contribution in [2.24, 2.45) is 0 Å². The molecule has 0 fully saturated rings. The van der Waals surface area contributed by atoms with E-state index in [4.69, 9.17) is 42.2 Å². The van der Waals surface area contributed by atoms with Gasteiger partial charge < -0.3 is 35.2 Å². The third-order valence-corrected chi connectivity index (χ3v) is 13.0. The molecule has 14 heteroatoms. The molecule has 0 bridgehead atoms. The van der Waals surface area contributed by atoms with Crippen LogP contribution in [0.2, 0.25) is 0 Å². The van der Waals surface area contributed by atoms with Crippen molar-refractivity contribution in [3.8, 4) is 22.3 Å². The minimum Gasteiger partial charge on any atom is -0.780 e. The van der Waals surface area contributed by atoms with Crippen molar-refractivity contribution in [2.75, 3.05) is 13.2 Å². The number of hydrogen-bond donors (Lipinski definition) is 0. The van der Waals surface area contributed by atoms with E-state index in [1.807, 2.05) is 103 Å². The number of carbonyl (C=O) groups is 2. The lowest BCUT2D eigenvalue weighted by Gasteiger charge is -2.29. The fourth-order valence-electron chi connectivity index (χ4n) is 6.88. The first kappa shape index (κ1) is 49.1. The topological polar surface area (TPSA) is 137 Å². The molecule has 328 valence electrons. The molecule has 0 aliphatic rings. The number of unbranched alkanes of at least 4 members (excludes halogenated alkanes) is 2. The molecule has 0 amide bonds. The van der Waals surface area contributed by atoms with E-state index in [-0.39, 0.29) is 43.4 Å². The van der Waals surface area contributed by atoms with Gasteiger partial charge in [-0.1, -0.05) is 115 Å². The van der Waals surface area contributed by atoms with Crippen molar-refractivity contribution >= 4 is 70.8 Å². The van der Waals surface area contributed by atoms with Gasteiger partial charge in [-0.2, -0.15) is 0 Å². The predicted molar refractivity (Wildman–Crippen MR) is 253 cm³/mol. The maximum absolute atomic E-state index is 12.7. The van der Waals surface area contributed by atoms with E-state index in [0.29, 0.717) is 44.9 Å². The zero-order chi connectivity index (χ0) is 44.5. The second-order valence-corrected chi connectivity index (χ2v) is 20.7. The van der Waals surface area contributed by atoms with Crippen molar-refractivity contribution in [3.05, 3.63) is 133 Å². The lowest BCUT2D eigenvalue weighted by molar-refractivity contribution is -0.209. The SMILES string of the molecule is CC(C)OP(=O)([S-])OCCCCC(=O)Cc1cnc2ccccc2c1-c1ccccc1.CC(C)OP([O-])(=S)OCCCCC(=O)Cc1ncc2ccccc2c1-c1ccccc1. The molecule has 0 radical (unpaired) electrons. The number of ketones is 2. The van der Waals surface area contributed by atoms with Crippen LogP contribution in [-0.2, 0) is 69.1 Å². The van der Waals surface area contributed by atoms with Crippen LogP contribution >= 0.6 is 13.5 Å². The Morgan fingerprint density at radius 1 is 0.645 bits per heavy atom. The number of hydrogen-bond acceptors (Lipinski definition) is 12. The summed E-state index contributed by atoms with van der Waals surface area (Å²) in [5.41, 5.74) is 6.80. The highest BCUT2D eigenvalue weighted by Gasteiger charge is 2.17. The number of carbonyl (C=O) groups excluding carboxylic acids is 2. The van der Waals surface area contributed by atoms with Gasteiger partial charge in [0.25, 0.3) is 0 Å². The van der Waals surface area contributed by atoms with Gasteiger partial charge in [0.15, 0.2) is 6.80 Å². The lowest BCUT2D eigenvalue weighted by atomic mass is 9.93. The highest BCUT2D eigenvalue weighted by molar-refractivity contribution is 8.32. The Balaban J connectivity index is 0.000000234. The van der Waals surface area contributed by atoms with Crippen LogP contribution in [-0.4, -0.2) is 47.0 Å². The largest absolute Gasteiger partial charge is 0.780 e. The maximum atomic E-state index is 12.7. The van der Waals surface area contributed by atoms with Gasteiger partial charge in [-0.3, -0.25) is 24.1 Å². The van der Waals surface area contributed by atoms with Gasteiger partial charge in [-0.05, 0) is 87.1 Å². The van der Waals surface area contributed by atoms with E-state index in [9.17, 15) is 19.0 Å². The number of nitrogens with zero attached hydrogens (tertiary/aromatic N) is 2. The molecule has 4 aromatic carbocycles. The van der Waals surface area contributed by atoms with Gasteiger partial charge in [0.05, 0.1) is 36.6 Å². The highest BCUT2D eigenvalue weighted by Crippen LogP contribution is 2.47. The van der Waals surface area contributed by atoms with Crippen LogP contribution in [0.15, 0.2) is 122 Å². The Bertz CT molecular complexity index is 2320. The van der Waals surface area contributed by atoms with E-state index < -0.39 is 13.5 Å². The number of rotatable bonds is 22. The molecule has 2 atom stereocenters. The molecular weight excluding hydrogens is 859 g/mol. The maximum Gasteiger partial charge on any atom is 0.200 e. The molecule has 6 rings (SSSR count). The summed E-state index contributed by atoms with van der Waals surface area (Å²) in [6.45, 7) is 0.568. The van der Waals surface area contributed by atoms with Gasteiger partial charge in [0.1, 0.15) is 18.3 Å². The second kappa shape index (κ2) is 24.2. The first-order valence-electron chi connectivity index (χ1n) is 20.9. The first-order valence-corrected chi connectivity index (χ1v) is 26.0. The molecule has 0 saturated heterocycles. The Hall–Kier alpha value is -3.93. The van der Waals surface area contributed by atoms with Gasteiger partial charge in [-0.15, -0.1) is 0 Å². The standard InChI is InChI=1S/2C24H28NO4PS/c1-18(2)29-30(27,31)28-15-9-8-12-21(26)16-20-17-25-23-14-7-6-13-22(23)24(20)19-10-4-3-5-11-19;1-18(2)29-30(27,31)28-15-9-8-13-21(26)16-23-24(19-10-4-3-5-11-19)22-14-7-6-12-20(22)17-25-23/h3-7,10-11,13-14,17-18H,8-9,12,15-16H2,1-2H3,(H,27,31);3-7,10-12,14,17-18H,8-9,13,15-16H2,1-2H3,(H,27,31)/p-2. The van der Waals surface area contributed by atoms with Crippen molar-refractivity contribution < 1.29 is 37.1 Å². The molecule has 0 spiro atoms. The fourth-order valence-corrected chi connectivity index (χ4v) is 10.2. The monoisotopic (exact) mass is 912 g/mol. The van der Waals surface area contributed by atoms with Crippen molar-refractivity contribution in [1.29, 1.82) is 0 Å². The van der Waals surface area contributed by atoms with Gasteiger partial charge in [-0.25, -0.2) is 0 Å². The van der Waals surface area contributed by atoms with Crippen LogP contribution in [0.5, 0.6) is 0 Å². The Morgan fingerprint density at radius 2 is 1.18 bits per heavy atom. The summed E-state index contributed by atoms with van der Waals surface area (Å²) in [6.07, 6.45) is 6.98. The Kier molecular flexibility index (Phi) is 19.2. The summed E-state index contributed by atoms with van der Waals surface area (Å²) >= 11 is 9.69. The fraction of sp³-hybridized carbons (Fsp3) is 0.333. The van der Waals surface area contributed by atoms with E-state index in [1.165, 1.54) is 0 Å². The Labute approximate surface area is 375 Å². The molecule has 0 aliphatic carbocycles. The molecule has 2 unspecified atom stereocenters. The summed E-state index contributed by atoms with van der Waals surface area (Å²) in [4.78, 5) is 46.4. The first-order chi connectivity index (χ1) is 29.7. The molecule has 0 N–H and O–H groups in total. The van der Waals surface area contributed by atoms with E-state index in [2.05, 4.69) is 28.2 Å². The molecule has 2 aromatic heterocycles. The van der Waals surface area contributed by atoms with Gasteiger partial charge in [0.2, 0.25) is 0 Å². The van der Waals surface area contributed by atoms with Crippen molar-refractivity contribution in [2.45, 2.75) is 91.3 Å². The summed E-state index contributed by atoms with van der Waals surface area (Å²) < 4.78 is 32.5. The Morgan fingerprint density at radius 3 is 1.81 bits per heavy atom. The van der Waals surface area contributed by atoms with Crippen LogP contribution in [0.3, 0.4) is 0 Å². The lowest BCUT2D eigenvalue weighted by Crippen LogP contribution is -2.13. The number of aromatic nitrogens is 2. The zero-order valence-corrected chi connectivity index (χ0v) is 39.1. The van der Waals surface area contributed by atoms with Crippen LogP contribution < -0.4 is 4.89 Å².